The number of aliphatic hydroxyl groups excluding tert-OH is 3. The molecule has 13 N–H and O–H groups in total. The third-order valence-electron chi connectivity index (χ3n) is 3.00. The van der Waals surface area contributed by atoms with E-state index in [1.807, 2.05) is 4.98 Å². The summed E-state index contributed by atoms with van der Waals surface area (Å²) in [5, 5.41) is 28.7. The highest BCUT2D eigenvalue weighted by Crippen LogP contribution is 2.34. The number of aromatic amines is 1. The minimum atomic E-state index is -4.64. The molecule has 2 rings (SSSR count). The molecular formula is C11H21N2O18P3. The molecule has 198 valence electrons. The molecule has 1 aromatic heterocycles. The molecule has 0 radical (unpaired) electrons. The van der Waals surface area contributed by atoms with Gasteiger partial charge in [-0.15, -0.1) is 6.42 Å². The van der Waals surface area contributed by atoms with Crippen molar-refractivity contribution in [3.63, 3.8) is 0 Å². The molecule has 2 heterocycles. The van der Waals surface area contributed by atoms with E-state index in [1.54, 1.807) is 0 Å². The highest BCUT2D eigenvalue weighted by atomic mass is 31.2. The van der Waals surface area contributed by atoms with Gasteiger partial charge in [0.05, 0.1) is 6.61 Å². The highest BCUT2D eigenvalue weighted by molar-refractivity contribution is 7.45. The summed E-state index contributed by atoms with van der Waals surface area (Å²) in [5.74, 6) is 2.10. The number of nitrogens with zero attached hydrogens (tertiary/aromatic N) is 1. The molecule has 1 fully saturated rings. The van der Waals surface area contributed by atoms with Crippen LogP contribution in [0.5, 0.6) is 0 Å². The summed E-state index contributed by atoms with van der Waals surface area (Å²) in [6.07, 6.45) is 2.13. The predicted molar refractivity (Wildman–Crippen MR) is 105 cm³/mol. The molecule has 0 spiro atoms. The summed E-state index contributed by atoms with van der Waals surface area (Å²) in [6, 6.07) is 1.02. The number of H-pyrrole nitrogens is 1. The Balaban J connectivity index is 0. The quantitative estimate of drug-likeness (QED) is 0.118. The normalized spacial score (nSPS) is 24.3. The van der Waals surface area contributed by atoms with Gasteiger partial charge >= 0.3 is 29.2 Å². The van der Waals surface area contributed by atoms with E-state index in [9.17, 15) is 19.8 Å². The van der Waals surface area contributed by atoms with E-state index in [-0.39, 0.29) is 0 Å². The molecule has 4 atom stereocenters. The van der Waals surface area contributed by atoms with E-state index >= 15 is 0 Å². The van der Waals surface area contributed by atoms with Crippen LogP contribution < -0.4 is 11.2 Å². The van der Waals surface area contributed by atoms with Gasteiger partial charge in [0.15, 0.2) is 0 Å². The summed E-state index contributed by atoms with van der Waals surface area (Å²) in [5.41, 5.74) is -3.51. The van der Waals surface area contributed by atoms with Crippen molar-refractivity contribution in [2.24, 2.45) is 0 Å². The van der Waals surface area contributed by atoms with Crippen LogP contribution in [-0.4, -0.2) is 93.8 Å². The lowest BCUT2D eigenvalue weighted by Gasteiger charge is -2.28. The average molecular weight is 562 g/mol. The molecule has 1 aliphatic rings. The van der Waals surface area contributed by atoms with E-state index in [0.29, 0.717) is 0 Å². The van der Waals surface area contributed by atoms with E-state index in [4.69, 9.17) is 74.0 Å². The lowest BCUT2D eigenvalue weighted by Crippen LogP contribution is -2.50. The summed E-state index contributed by atoms with van der Waals surface area (Å²) in [7, 11) is -13.9. The van der Waals surface area contributed by atoms with Gasteiger partial charge < -0.3 is 64.1 Å². The maximum Gasteiger partial charge on any atom is 0.466 e. The maximum absolute atomic E-state index is 11.7. The molecule has 1 aromatic rings. The van der Waals surface area contributed by atoms with Crippen molar-refractivity contribution in [2.45, 2.75) is 24.0 Å². The van der Waals surface area contributed by atoms with Crippen molar-refractivity contribution >= 4 is 23.5 Å². The first-order chi connectivity index (χ1) is 15.0. The zero-order chi connectivity index (χ0) is 27.7. The van der Waals surface area contributed by atoms with Crippen LogP contribution in [0.3, 0.4) is 0 Å². The van der Waals surface area contributed by atoms with Gasteiger partial charge in [0.2, 0.25) is 5.72 Å². The molecule has 0 bridgehead atoms. The first kappa shape index (κ1) is 34.6. The first-order valence-corrected chi connectivity index (χ1v) is 12.5. The third-order valence-corrected chi connectivity index (χ3v) is 3.00. The largest absolute Gasteiger partial charge is 0.466 e. The van der Waals surface area contributed by atoms with Crippen LogP contribution in [0.15, 0.2) is 21.9 Å². The lowest BCUT2D eigenvalue weighted by molar-refractivity contribution is -0.107. The zero-order valence-corrected chi connectivity index (χ0v) is 19.0. The fourth-order valence-corrected chi connectivity index (χ4v) is 2.02. The second-order valence-electron chi connectivity index (χ2n) is 5.64. The van der Waals surface area contributed by atoms with Crippen molar-refractivity contribution in [1.82, 2.24) is 9.55 Å². The van der Waals surface area contributed by atoms with Gasteiger partial charge in [-0.1, -0.05) is 0 Å². The Hall–Kier alpha value is -1.59. The number of rotatable bonds is 2. The number of terminal acetylenes is 1. The molecule has 0 aliphatic carbocycles. The molecule has 0 aromatic carbocycles. The Bertz CT molecular complexity index is 1000. The minimum absolute atomic E-state index is 0.584. The van der Waals surface area contributed by atoms with Crippen molar-refractivity contribution in [1.29, 1.82) is 0 Å². The number of ether oxygens (including phenoxy) is 1. The fourth-order valence-electron chi connectivity index (χ4n) is 2.02. The average Bonchev–Trinajstić information content (AvgIpc) is 2.82. The second kappa shape index (κ2) is 13.5. The zero-order valence-electron chi connectivity index (χ0n) is 16.3. The SMILES string of the molecule is C#C[C@@]1(n2ccc(=O)[nH]c2=O)O[C@H](CO)[C@@H](O)[C@H]1O.O=P(O)(O)O.O=P(O)(O)O.O=P(O)(O)O. The number of hydrogen-bond donors (Lipinski definition) is 13. The first-order valence-electron chi connectivity index (χ1n) is 7.76. The van der Waals surface area contributed by atoms with Gasteiger partial charge in [-0.3, -0.25) is 14.3 Å². The molecule has 0 unspecified atom stereocenters. The van der Waals surface area contributed by atoms with Gasteiger partial charge in [0.1, 0.15) is 18.3 Å². The van der Waals surface area contributed by atoms with Crippen LogP contribution in [0, 0.1) is 12.3 Å². The Morgan fingerprint density at radius 3 is 1.62 bits per heavy atom. The van der Waals surface area contributed by atoms with Crippen molar-refractivity contribution in [3.05, 3.63) is 33.1 Å². The Morgan fingerprint density at radius 2 is 1.35 bits per heavy atom. The number of phosphoric acid groups is 3. The Labute approximate surface area is 187 Å². The lowest BCUT2D eigenvalue weighted by atomic mass is 10.0. The van der Waals surface area contributed by atoms with Crippen LogP contribution in [0.1, 0.15) is 0 Å². The van der Waals surface area contributed by atoms with Gasteiger partial charge in [-0.2, -0.15) is 0 Å². The molecule has 1 saturated heterocycles. The number of aromatic nitrogens is 2. The van der Waals surface area contributed by atoms with Crippen LogP contribution in [0.2, 0.25) is 0 Å². The molecular weight excluding hydrogens is 541 g/mol. The smallest absolute Gasteiger partial charge is 0.394 e. The summed E-state index contributed by atoms with van der Waals surface area (Å²) in [4.78, 5) is 89.4. The van der Waals surface area contributed by atoms with Crippen LogP contribution in [0.4, 0.5) is 0 Å². The van der Waals surface area contributed by atoms with Crippen LogP contribution >= 0.6 is 23.5 Å². The van der Waals surface area contributed by atoms with Crippen molar-refractivity contribution in [2.75, 3.05) is 6.61 Å². The molecule has 23 heteroatoms. The van der Waals surface area contributed by atoms with Gasteiger partial charge in [0.25, 0.3) is 5.56 Å². The predicted octanol–water partition coefficient (Wildman–Crippen LogP) is -5.85. The standard InChI is InChI=1S/C11H12N2O6.3H3O4P/c1-2-11(9(17)8(16)6(5-14)19-11)13-4-3-7(15)12-10(13)18;3*1-5(2,3)4/h1,3-4,6,8-9,14,16-17H,5H2,(H,12,15,18);3*(H3,1,2,3,4)/t6-,8-,9-,11-;;;/m1.../s1. The Morgan fingerprint density at radius 1 is 0.971 bits per heavy atom. The molecule has 34 heavy (non-hydrogen) atoms. The third kappa shape index (κ3) is 15.3. The number of hydrogen-bond acceptors (Lipinski definition) is 9. The number of nitrogens with one attached hydrogen (secondary N) is 1. The number of aliphatic hydroxyl groups is 3. The molecule has 0 saturated carbocycles. The minimum Gasteiger partial charge on any atom is -0.394 e. The van der Waals surface area contributed by atoms with Crippen LogP contribution in [-0.2, 0) is 24.2 Å². The van der Waals surface area contributed by atoms with E-state index in [2.05, 4.69) is 5.92 Å². The van der Waals surface area contributed by atoms with E-state index < -0.39 is 65.4 Å². The summed E-state index contributed by atoms with van der Waals surface area (Å²) < 4.78 is 32.7. The fraction of sp³-hybridized carbons (Fsp3) is 0.455. The van der Waals surface area contributed by atoms with E-state index in [1.165, 1.54) is 0 Å². The molecule has 20 nitrogen and oxygen atoms in total. The van der Waals surface area contributed by atoms with Gasteiger partial charge in [0, 0.05) is 12.3 Å². The summed E-state index contributed by atoms with van der Waals surface area (Å²) >= 11 is 0. The van der Waals surface area contributed by atoms with Gasteiger partial charge in [-0.25, -0.2) is 18.5 Å². The molecule has 0 amide bonds. The van der Waals surface area contributed by atoms with Gasteiger partial charge in [-0.05, 0) is 5.92 Å². The van der Waals surface area contributed by atoms with Crippen molar-refractivity contribution in [3.8, 4) is 12.3 Å². The second-order valence-corrected chi connectivity index (χ2v) is 8.71. The molecule has 1 aliphatic heterocycles. The van der Waals surface area contributed by atoms with Crippen LogP contribution in [0.25, 0.3) is 0 Å². The monoisotopic (exact) mass is 562 g/mol. The Kier molecular flexibility index (Phi) is 13.7. The highest BCUT2D eigenvalue weighted by Gasteiger charge is 2.55. The maximum atomic E-state index is 11.7. The summed E-state index contributed by atoms with van der Waals surface area (Å²) in [6.45, 7) is -0.584. The topological polar surface area (TPSA) is 358 Å². The van der Waals surface area contributed by atoms with Crippen molar-refractivity contribution < 1.29 is 77.8 Å². The van der Waals surface area contributed by atoms with E-state index in [0.717, 1.165) is 16.8 Å².